The van der Waals surface area contributed by atoms with Gasteiger partial charge in [0.05, 0.1) is 0 Å². The number of nitrogens with one attached hydrogen (secondary N) is 2. The van der Waals surface area contributed by atoms with Crippen molar-refractivity contribution in [2.24, 2.45) is 0 Å². The third-order valence-electron chi connectivity index (χ3n) is 3.06. The second-order valence-corrected chi connectivity index (χ2v) is 4.34. The third kappa shape index (κ3) is 1.57. The maximum Gasteiger partial charge on any atom is 0.0235 e. The molecule has 0 aromatic rings. The van der Waals surface area contributed by atoms with Crippen molar-refractivity contribution in [3.8, 4) is 0 Å². The zero-order valence-electron chi connectivity index (χ0n) is 7.48. The minimum Gasteiger partial charge on any atom is -0.313 e. The SMILES string of the molecule is CC1NCCC1NC1(C)CC1. The minimum absolute atomic E-state index is 0.505. The molecule has 1 aliphatic carbocycles. The molecular weight excluding hydrogens is 136 g/mol. The first-order valence-electron chi connectivity index (χ1n) is 4.71. The molecule has 2 rings (SSSR count). The van der Waals surface area contributed by atoms with Crippen LogP contribution >= 0.6 is 0 Å². The van der Waals surface area contributed by atoms with Gasteiger partial charge in [-0.3, -0.25) is 0 Å². The fraction of sp³-hybridized carbons (Fsp3) is 1.00. The van der Waals surface area contributed by atoms with E-state index in [4.69, 9.17) is 0 Å². The quantitative estimate of drug-likeness (QED) is 0.617. The topological polar surface area (TPSA) is 24.1 Å². The van der Waals surface area contributed by atoms with E-state index < -0.39 is 0 Å². The number of hydrogen-bond acceptors (Lipinski definition) is 2. The second kappa shape index (κ2) is 2.46. The lowest BCUT2D eigenvalue weighted by atomic mass is 10.1. The van der Waals surface area contributed by atoms with Crippen LogP contribution in [0.2, 0.25) is 0 Å². The number of rotatable bonds is 2. The predicted octanol–water partition coefficient (Wildman–Crippen LogP) is 0.879. The summed E-state index contributed by atoms with van der Waals surface area (Å²) in [7, 11) is 0. The monoisotopic (exact) mass is 154 g/mol. The van der Waals surface area contributed by atoms with Gasteiger partial charge in [-0.15, -0.1) is 0 Å². The zero-order valence-corrected chi connectivity index (χ0v) is 7.48. The van der Waals surface area contributed by atoms with Gasteiger partial charge in [-0.05, 0) is 39.7 Å². The Morgan fingerprint density at radius 1 is 1.45 bits per heavy atom. The second-order valence-electron chi connectivity index (χ2n) is 4.34. The van der Waals surface area contributed by atoms with E-state index >= 15 is 0 Å². The molecule has 2 nitrogen and oxygen atoms in total. The van der Waals surface area contributed by atoms with E-state index in [9.17, 15) is 0 Å². The molecule has 1 heterocycles. The smallest absolute Gasteiger partial charge is 0.0235 e. The molecule has 1 aliphatic heterocycles. The molecule has 0 bridgehead atoms. The van der Waals surface area contributed by atoms with Crippen LogP contribution in [0.4, 0.5) is 0 Å². The van der Waals surface area contributed by atoms with Crippen molar-refractivity contribution < 1.29 is 0 Å². The van der Waals surface area contributed by atoms with Gasteiger partial charge in [0, 0.05) is 17.6 Å². The Morgan fingerprint density at radius 2 is 2.18 bits per heavy atom. The van der Waals surface area contributed by atoms with E-state index in [0.29, 0.717) is 11.6 Å². The Hall–Kier alpha value is -0.0800. The van der Waals surface area contributed by atoms with Gasteiger partial charge < -0.3 is 10.6 Å². The maximum atomic E-state index is 3.72. The lowest BCUT2D eigenvalue weighted by Gasteiger charge is -2.21. The molecule has 2 aliphatic rings. The van der Waals surface area contributed by atoms with Crippen LogP contribution < -0.4 is 10.6 Å². The van der Waals surface area contributed by atoms with Crippen LogP contribution in [0.3, 0.4) is 0 Å². The fourth-order valence-corrected chi connectivity index (χ4v) is 1.84. The number of hydrogen-bond donors (Lipinski definition) is 2. The fourth-order valence-electron chi connectivity index (χ4n) is 1.84. The summed E-state index contributed by atoms with van der Waals surface area (Å²) in [6.07, 6.45) is 4.04. The van der Waals surface area contributed by atoms with Crippen LogP contribution in [0, 0.1) is 0 Å². The first-order chi connectivity index (χ1) is 5.20. The normalized spacial score (nSPS) is 40.9. The van der Waals surface area contributed by atoms with Gasteiger partial charge in [0.15, 0.2) is 0 Å². The van der Waals surface area contributed by atoms with Crippen LogP contribution in [0.15, 0.2) is 0 Å². The summed E-state index contributed by atoms with van der Waals surface area (Å²) >= 11 is 0. The highest BCUT2D eigenvalue weighted by atomic mass is 15.1. The first kappa shape index (κ1) is 7.56. The van der Waals surface area contributed by atoms with Crippen molar-refractivity contribution in [3.63, 3.8) is 0 Å². The summed E-state index contributed by atoms with van der Waals surface area (Å²) in [6.45, 7) is 5.80. The van der Waals surface area contributed by atoms with Crippen molar-refractivity contribution in [2.75, 3.05) is 6.54 Å². The van der Waals surface area contributed by atoms with Crippen molar-refractivity contribution in [3.05, 3.63) is 0 Å². The third-order valence-corrected chi connectivity index (χ3v) is 3.06. The van der Waals surface area contributed by atoms with Gasteiger partial charge in [0.1, 0.15) is 0 Å². The summed E-state index contributed by atoms with van der Waals surface area (Å²) in [5.74, 6) is 0. The molecule has 0 radical (unpaired) electrons. The van der Waals surface area contributed by atoms with Gasteiger partial charge in [-0.1, -0.05) is 0 Å². The molecular formula is C9H18N2. The molecule has 0 aromatic carbocycles. The summed E-state index contributed by atoms with van der Waals surface area (Å²) < 4.78 is 0. The molecule has 1 saturated heterocycles. The van der Waals surface area contributed by atoms with E-state index in [-0.39, 0.29) is 0 Å². The molecule has 0 amide bonds. The standard InChI is InChI=1S/C9H18N2/c1-7-8(3-6-10-7)11-9(2)4-5-9/h7-8,10-11H,3-6H2,1-2H3. The highest BCUT2D eigenvalue weighted by molar-refractivity contribution is 5.02. The Balaban J connectivity index is 1.85. The van der Waals surface area contributed by atoms with Crippen LogP contribution in [0.5, 0.6) is 0 Å². The molecule has 2 fully saturated rings. The molecule has 11 heavy (non-hydrogen) atoms. The Kier molecular flexibility index (Phi) is 1.69. The highest BCUT2D eigenvalue weighted by Gasteiger charge is 2.40. The van der Waals surface area contributed by atoms with Crippen LogP contribution in [-0.2, 0) is 0 Å². The van der Waals surface area contributed by atoms with E-state index in [1.54, 1.807) is 0 Å². The van der Waals surface area contributed by atoms with Crippen molar-refractivity contribution >= 4 is 0 Å². The van der Waals surface area contributed by atoms with Gasteiger partial charge in [-0.2, -0.15) is 0 Å². The van der Waals surface area contributed by atoms with Crippen LogP contribution in [0.1, 0.15) is 33.1 Å². The molecule has 2 unspecified atom stereocenters. The van der Waals surface area contributed by atoms with E-state index in [1.165, 1.54) is 25.8 Å². The molecule has 64 valence electrons. The van der Waals surface area contributed by atoms with Crippen molar-refractivity contribution in [1.29, 1.82) is 0 Å². The van der Waals surface area contributed by atoms with E-state index in [2.05, 4.69) is 24.5 Å². The molecule has 0 spiro atoms. The molecule has 2 N–H and O–H groups in total. The predicted molar refractivity (Wildman–Crippen MR) is 46.6 cm³/mol. The van der Waals surface area contributed by atoms with Gasteiger partial charge in [-0.25, -0.2) is 0 Å². The average molecular weight is 154 g/mol. The molecule has 2 atom stereocenters. The molecule has 1 saturated carbocycles. The maximum absolute atomic E-state index is 3.72. The van der Waals surface area contributed by atoms with E-state index in [1.807, 2.05) is 0 Å². The van der Waals surface area contributed by atoms with Gasteiger partial charge in [0.2, 0.25) is 0 Å². The summed E-state index contributed by atoms with van der Waals surface area (Å²) in [5.41, 5.74) is 0.505. The first-order valence-corrected chi connectivity index (χ1v) is 4.71. The summed E-state index contributed by atoms with van der Waals surface area (Å²) in [5, 5.41) is 7.17. The molecule has 2 heteroatoms. The largest absolute Gasteiger partial charge is 0.313 e. The zero-order chi connectivity index (χ0) is 7.90. The van der Waals surface area contributed by atoms with Crippen LogP contribution in [-0.4, -0.2) is 24.2 Å². The van der Waals surface area contributed by atoms with Gasteiger partial charge in [0.25, 0.3) is 0 Å². The summed E-state index contributed by atoms with van der Waals surface area (Å²) in [6, 6.07) is 1.40. The van der Waals surface area contributed by atoms with E-state index in [0.717, 1.165) is 6.04 Å². The van der Waals surface area contributed by atoms with Crippen molar-refractivity contribution in [1.82, 2.24) is 10.6 Å². The Morgan fingerprint density at radius 3 is 2.64 bits per heavy atom. The van der Waals surface area contributed by atoms with Gasteiger partial charge >= 0.3 is 0 Å². The molecule has 0 aromatic heterocycles. The minimum atomic E-state index is 0.505. The van der Waals surface area contributed by atoms with Crippen LogP contribution in [0.25, 0.3) is 0 Å². The lowest BCUT2D eigenvalue weighted by Crippen LogP contribution is -2.44. The Bertz CT molecular complexity index is 152. The Labute approximate surface area is 68.7 Å². The highest BCUT2D eigenvalue weighted by Crippen LogP contribution is 2.35. The van der Waals surface area contributed by atoms with Crippen molar-refractivity contribution in [2.45, 2.75) is 50.7 Å². The average Bonchev–Trinajstić information content (AvgIpc) is 2.54. The lowest BCUT2D eigenvalue weighted by molar-refractivity contribution is 0.407. The summed E-state index contributed by atoms with van der Waals surface area (Å²) in [4.78, 5) is 0.